The van der Waals surface area contributed by atoms with Gasteiger partial charge in [-0.05, 0) is 31.5 Å². The van der Waals surface area contributed by atoms with Crippen molar-refractivity contribution in [3.05, 3.63) is 41.1 Å². The number of morpholine rings is 1. The smallest absolute Gasteiger partial charge is 0.254 e. The van der Waals surface area contributed by atoms with E-state index in [1.165, 1.54) is 0 Å². The molecule has 1 atom stereocenters. The summed E-state index contributed by atoms with van der Waals surface area (Å²) in [6.07, 6.45) is -0.388. The zero-order valence-electron chi connectivity index (χ0n) is 14.1. The minimum absolute atomic E-state index is 0.0551. The van der Waals surface area contributed by atoms with Crippen molar-refractivity contribution in [1.29, 1.82) is 0 Å². The third-order valence-corrected chi connectivity index (χ3v) is 3.91. The Morgan fingerprint density at radius 1 is 1.38 bits per heavy atom. The van der Waals surface area contributed by atoms with E-state index in [4.69, 9.17) is 13.9 Å². The van der Waals surface area contributed by atoms with Gasteiger partial charge in [0.05, 0.1) is 19.8 Å². The quantitative estimate of drug-likeness (QED) is 0.855. The Labute approximate surface area is 140 Å². The monoisotopic (exact) mass is 331 g/mol. The molecular formula is C17H21N3O4. The molecule has 1 aliphatic rings. The summed E-state index contributed by atoms with van der Waals surface area (Å²) in [5.41, 5.74) is 1.61. The van der Waals surface area contributed by atoms with Crippen LogP contribution in [0.5, 0.6) is 5.75 Å². The molecule has 0 aliphatic carbocycles. The lowest BCUT2D eigenvalue weighted by Gasteiger charge is -2.31. The van der Waals surface area contributed by atoms with Crippen LogP contribution in [0.25, 0.3) is 0 Å². The first kappa shape index (κ1) is 16.4. The van der Waals surface area contributed by atoms with E-state index < -0.39 is 0 Å². The number of carbonyl (C=O) groups is 1. The summed E-state index contributed by atoms with van der Waals surface area (Å²) in [5.74, 6) is 1.57. The number of amides is 1. The van der Waals surface area contributed by atoms with Crippen LogP contribution in [0.1, 0.15) is 40.7 Å². The van der Waals surface area contributed by atoms with Gasteiger partial charge in [-0.15, -0.1) is 10.2 Å². The van der Waals surface area contributed by atoms with Crippen LogP contribution in [0.15, 0.2) is 22.6 Å². The van der Waals surface area contributed by atoms with Gasteiger partial charge in [0, 0.05) is 19.0 Å². The molecule has 0 bridgehead atoms. The summed E-state index contributed by atoms with van der Waals surface area (Å²) >= 11 is 0. The van der Waals surface area contributed by atoms with Crippen molar-refractivity contribution in [1.82, 2.24) is 15.1 Å². The van der Waals surface area contributed by atoms with Crippen LogP contribution in [-0.4, -0.2) is 47.3 Å². The molecule has 7 nitrogen and oxygen atoms in total. The van der Waals surface area contributed by atoms with Gasteiger partial charge in [-0.1, -0.05) is 6.07 Å². The normalized spacial score (nSPS) is 17.8. The van der Waals surface area contributed by atoms with Crippen LogP contribution in [0.2, 0.25) is 0 Å². The van der Waals surface area contributed by atoms with Crippen LogP contribution < -0.4 is 4.74 Å². The summed E-state index contributed by atoms with van der Waals surface area (Å²) < 4.78 is 16.7. The third-order valence-electron chi connectivity index (χ3n) is 3.91. The lowest BCUT2D eigenvalue weighted by atomic mass is 10.1. The first-order valence-electron chi connectivity index (χ1n) is 8.02. The second-order valence-corrected chi connectivity index (χ2v) is 5.68. The molecule has 2 aromatic rings. The maximum Gasteiger partial charge on any atom is 0.254 e. The largest absolute Gasteiger partial charge is 0.494 e. The maximum atomic E-state index is 12.8. The molecule has 1 fully saturated rings. The van der Waals surface area contributed by atoms with E-state index in [-0.39, 0.29) is 12.0 Å². The van der Waals surface area contributed by atoms with Crippen molar-refractivity contribution in [2.45, 2.75) is 26.9 Å². The zero-order valence-corrected chi connectivity index (χ0v) is 14.1. The van der Waals surface area contributed by atoms with Crippen molar-refractivity contribution >= 4 is 5.91 Å². The van der Waals surface area contributed by atoms with Crippen molar-refractivity contribution in [3.8, 4) is 5.75 Å². The van der Waals surface area contributed by atoms with Gasteiger partial charge in [-0.25, -0.2) is 0 Å². The number of hydrogen-bond acceptors (Lipinski definition) is 6. The molecule has 1 saturated heterocycles. The zero-order chi connectivity index (χ0) is 17.1. The lowest BCUT2D eigenvalue weighted by Crippen LogP contribution is -2.42. The second-order valence-electron chi connectivity index (χ2n) is 5.68. The predicted molar refractivity (Wildman–Crippen MR) is 86.0 cm³/mol. The van der Waals surface area contributed by atoms with E-state index >= 15 is 0 Å². The molecule has 7 heteroatoms. The topological polar surface area (TPSA) is 77.7 Å². The number of carbonyl (C=O) groups excluding carboxylic acids is 1. The Hall–Kier alpha value is -2.41. The molecule has 1 aromatic carbocycles. The maximum absolute atomic E-state index is 12.8. The Morgan fingerprint density at radius 3 is 2.92 bits per heavy atom. The molecule has 0 unspecified atom stereocenters. The average molecular weight is 331 g/mol. The summed E-state index contributed by atoms with van der Waals surface area (Å²) in [4.78, 5) is 14.5. The summed E-state index contributed by atoms with van der Waals surface area (Å²) in [6, 6.07) is 5.52. The SMILES string of the molecule is CCOc1cc(C(=O)N2CCO[C@H](c3nnc(C)o3)C2)ccc1C. The number of benzene rings is 1. The fourth-order valence-corrected chi connectivity index (χ4v) is 2.65. The molecule has 1 amide bonds. The van der Waals surface area contributed by atoms with Crippen molar-refractivity contribution < 1.29 is 18.7 Å². The molecule has 0 spiro atoms. The van der Waals surface area contributed by atoms with Crippen LogP contribution in [0.4, 0.5) is 0 Å². The lowest BCUT2D eigenvalue weighted by molar-refractivity contribution is -0.0349. The number of aromatic nitrogens is 2. The van der Waals surface area contributed by atoms with Crippen molar-refractivity contribution in [3.63, 3.8) is 0 Å². The van der Waals surface area contributed by atoms with Crippen LogP contribution >= 0.6 is 0 Å². The van der Waals surface area contributed by atoms with Gasteiger partial charge in [0.25, 0.3) is 5.91 Å². The van der Waals surface area contributed by atoms with Crippen LogP contribution in [0, 0.1) is 13.8 Å². The molecule has 0 N–H and O–H groups in total. The average Bonchev–Trinajstić information content (AvgIpc) is 3.03. The van der Waals surface area contributed by atoms with Gasteiger partial charge in [0.15, 0.2) is 6.10 Å². The Morgan fingerprint density at radius 2 is 2.21 bits per heavy atom. The molecule has 1 aliphatic heterocycles. The van der Waals surface area contributed by atoms with Gasteiger partial charge in [0.2, 0.25) is 11.8 Å². The standard InChI is InChI=1S/C17H21N3O4/c1-4-22-14-9-13(6-5-11(14)2)17(21)20-7-8-23-15(10-20)16-19-18-12(3)24-16/h5-6,9,15H,4,7-8,10H2,1-3H3/t15-/m0/s1. The molecule has 1 aromatic heterocycles. The number of hydrogen-bond donors (Lipinski definition) is 0. The highest BCUT2D eigenvalue weighted by molar-refractivity contribution is 5.94. The molecule has 0 radical (unpaired) electrons. The number of aryl methyl sites for hydroxylation is 2. The Bertz CT molecular complexity index is 728. The van der Waals surface area contributed by atoms with E-state index in [1.807, 2.05) is 26.0 Å². The van der Waals surface area contributed by atoms with E-state index in [9.17, 15) is 4.79 Å². The first-order valence-corrected chi connectivity index (χ1v) is 8.02. The fourth-order valence-electron chi connectivity index (χ4n) is 2.65. The van der Waals surface area contributed by atoms with Gasteiger partial charge >= 0.3 is 0 Å². The minimum atomic E-state index is -0.388. The van der Waals surface area contributed by atoms with Crippen molar-refractivity contribution in [2.75, 3.05) is 26.3 Å². The number of ether oxygens (including phenoxy) is 2. The number of rotatable bonds is 4. The van der Waals surface area contributed by atoms with Gasteiger partial charge in [0.1, 0.15) is 5.75 Å². The fraction of sp³-hybridized carbons (Fsp3) is 0.471. The van der Waals surface area contributed by atoms with Gasteiger partial charge in [-0.3, -0.25) is 4.79 Å². The van der Waals surface area contributed by atoms with E-state index in [2.05, 4.69) is 10.2 Å². The molecular weight excluding hydrogens is 310 g/mol. The van der Waals surface area contributed by atoms with Gasteiger partial charge in [-0.2, -0.15) is 0 Å². The Kier molecular flexibility index (Phi) is 4.80. The van der Waals surface area contributed by atoms with Crippen LogP contribution in [0.3, 0.4) is 0 Å². The van der Waals surface area contributed by atoms with Gasteiger partial charge < -0.3 is 18.8 Å². The summed E-state index contributed by atoms with van der Waals surface area (Å²) in [7, 11) is 0. The van der Waals surface area contributed by atoms with E-state index in [0.29, 0.717) is 43.6 Å². The molecule has 128 valence electrons. The summed E-state index contributed by atoms with van der Waals surface area (Å²) in [6.45, 7) is 7.52. The number of nitrogens with zero attached hydrogens (tertiary/aromatic N) is 3. The molecule has 3 rings (SSSR count). The minimum Gasteiger partial charge on any atom is -0.494 e. The third kappa shape index (κ3) is 3.41. The second kappa shape index (κ2) is 7.00. The highest BCUT2D eigenvalue weighted by atomic mass is 16.5. The van der Waals surface area contributed by atoms with E-state index in [0.717, 1.165) is 11.3 Å². The highest BCUT2D eigenvalue weighted by Crippen LogP contribution is 2.24. The summed E-state index contributed by atoms with van der Waals surface area (Å²) in [5, 5.41) is 7.80. The predicted octanol–water partition coefficient (Wildman–Crippen LogP) is 2.30. The molecule has 24 heavy (non-hydrogen) atoms. The highest BCUT2D eigenvalue weighted by Gasteiger charge is 2.29. The van der Waals surface area contributed by atoms with E-state index in [1.54, 1.807) is 17.9 Å². The Balaban J connectivity index is 1.76. The first-order chi connectivity index (χ1) is 11.6. The van der Waals surface area contributed by atoms with Crippen molar-refractivity contribution in [2.24, 2.45) is 0 Å². The molecule has 2 heterocycles. The van der Waals surface area contributed by atoms with Crippen LogP contribution in [-0.2, 0) is 4.74 Å². The molecule has 0 saturated carbocycles.